The summed E-state index contributed by atoms with van der Waals surface area (Å²) in [5.41, 5.74) is 1.31. The Balaban J connectivity index is 1.77. The number of aliphatic carboxylic acids is 1. The highest BCUT2D eigenvalue weighted by Gasteiger charge is 2.30. The fourth-order valence-electron chi connectivity index (χ4n) is 3.60. The maximum Gasteiger partial charge on any atom is 0.336 e. The van der Waals surface area contributed by atoms with E-state index in [0.29, 0.717) is 0 Å². The number of amides is 2. The van der Waals surface area contributed by atoms with Crippen molar-refractivity contribution in [2.24, 2.45) is 5.92 Å². The third-order valence-electron chi connectivity index (χ3n) is 5.35. The van der Waals surface area contributed by atoms with Gasteiger partial charge in [0.25, 0.3) is 5.91 Å². The number of benzene rings is 2. The van der Waals surface area contributed by atoms with Gasteiger partial charge in [0.15, 0.2) is 0 Å². The Kier molecular flexibility index (Phi) is 7.12. The van der Waals surface area contributed by atoms with Crippen molar-refractivity contribution in [3.63, 3.8) is 0 Å². The second-order valence-electron chi connectivity index (χ2n) is 8.01. The summed E-state index contributed by atoms with van der Waals surface area (Å²) >= 11 is 0. The number of hydrogen-bond acceptors (Lipinski definition) is 4. The molecule has 33 heavy (non-hydrogen) atoms. The van der Waals surface area contributed by atoms with E-state index in [4.69, 9.17) is 0 Å². The Bertz CT molecular complexity index is 1200. The zero-order valence-electron chi connectivity index (χ0n) is 18.2. The van der Waals surface area contributed by atoms with Gasteiger partial charge in [-0.05, 0) is 29.7 Å². The van der Waals surface area contributed by atoms with Gasteiger partial charge in [-0.15, -0.1) is 0 Å². The molecule has 172 valence electrons. The van der Waals surface area contributed by atoms with Crippen molar-refractivity contribution < 1.29 is 29.4 Å². The van der Waals surface area contributed by atoms with Crippen molar-refractivity contribution in [3.8, 4) is 0 Å². The molecule has 0 unspecified atom stereocenters. The number of carboxylic acid groups (broad SMARTS) is 2. The lowest BCUT2D eigenvalue weighted by Gasteiger charge is -2.24. The lowest BCUT2D eigenvalue weighted by Crippen LogP contribution is -2.54. The van der Waals surface area contributed by atoms with Crippen LogP contribution in [0.1, 0.15) is 40.1 Å². The van der Waals surface area contributed by atoms with Gasteiger partial charge in [0.05, 0.1) is 11.1 Å². The highest BCUT2D eigenvalue weighted by molar-refractivity contribution is 6.06. The molecule has 0 spiro atoms. The van der Waals surface area contributed by atoms with Crippen LogP contribution in [0.15, 0.2) is 54.7 Å². The monoisotopic (exact) mass is 451 g/mol. The summed E-state index contributed by atoms with van der Waals surface area (Å²) < 4.78 is 0. The Morgan fingerprint density at radius 3 is 2.18 bits per heavy atom. The molecule has 3 aromatic rings. The van der Waals surface area contributed by atoms with E-state index in [9.17, 15) is 29.4 Å². The van der Waals surface area contributed by atoms with Crippen molar-refractivity contribution in [1.29, 1.82) is 0 Å². The number of hydrogen-bond donors (Lipinski definition) is 5. The number of carbonyl (C=O) groups excluding carboxylic acids is 2. The minimum absolute atomic E-state index is 0.0473. The molecule has 1 aromatic heterocycles. The van der Waals surface area contributed by atoms with Crippen LogP contribution >= 0.6 is 0 Å². The van der Waals surface area contributed by atoms with Crippen molar-refractivity contribution in [2.75, 3.05) is 0 Å². The molecule has 2 aromatic carbocycles. The van der Waals surface area contributed by atoms with Crippen LogP contribution in [-0.2, 0) is 16.0 Å². The standard InChI is InChI=1S/C24H25N3O6/c1-13(2)20(27-21(28)16-8-3-4-9-17(16)23(30)31)22(29)26-19(24(32)33)11-14-12-25-18-10-6-5-7-15(14)18/h3-10,12-13,19-20,25H,11H2,1-2H3,(H,26,29)(H,27,28)(H,30,31)(H,32,33)/t19-,20-/m0/s1. The first-order valence-corrected chi connectivity index (χ1v) is 10.4. The maximum absolute atomic E-state index is 13.0. The predicted molar refractivity (Wildman–Crippen MR) is 121 cm³/mol. The molecule has 2 amide bonds. The van der Waals surface area contributed by atoms with Crippen molar-refractivity contribution >= 4 is 34.7 Å². The largest absolute Gasteiger partial charge is 0.480 e. The van der Waals surface area contributed by atoms with E-state index in [0.717, 1.165) is 16.5 Å². The van der Waals surface area contributed by atoms with E-state index in [1.54, 1.807) is 20.0 Å². The van der Waals surface area contributed by atoms with Gasteiger partial charge in [0.2, 0.25) is 5.91 Å². The number of carbonyl (C=O) groups is 4. The first kappa shape index (κ1) is 23.5. The third-order valence-corrected chi connectivity index (χ3v) is 5.35. The average Bonchev–Trinajstić information content (AvgIpc) is 3.19. The highest BCUT2D eigenvalue weighted by Crippen LogP contribution is 2.19. The van der Waals surface area contributed by atoms with E-state index < -0.39 is 35.8 Å². The number of carboxylic acids is 2. The molecular weight excluding hydrogens is 426 g/mol. The number of H-pyrrole nitrogens is 1. The van der Waals surface area contributed by atoms with Crippen LogP contribution in [-0.4, -0.2) is 51.0 Å². The number of fused-ring (bicyclic) bond motifs is 1. The molecule has 9 nitrogen and oxygen atoms in total. The SMILES string of the molecule is CC(C)[C@H](NC(=O)c1ccccc1C(=O)O)C(=O)N[C@@H](Cc1c[nH]c2ccccc12)C(=O)O. The molecule has 0 aliphatic carbocycles. The van der Waals surface area contributed by atoms with Crippen LogP contribution in [0.4, 0.5) is 0 Å². The van der Waals surface area contributed by atoms with Crippen molar-refractivity contribution in [3.05, 3.63) is 71.4 Å². The van der Waals surface area contributed by atoms with Gasteiger partial charge in [-0.2, -0.15) is 0 Å². The summed E-state index contributed by atoms with van der Waals surface area (Å²) in [6, 6.07) is 10.8. The Morgan fingerprint density at radius 1 is 0.909 bits per heavy atom. The minimum Gasteiger partial charge on any atom is -0.480 e. The summed E-state index contributed by atoms with van der Waals surface area (Å²) in [4.78, 5) is 52.1. The quantitative estimate of drug-likeness (QED) is 0.337. The van der Waals surface area contributed by atoms with Crippen LogP contribution < -0.4 is 10.6 Å². The second-order valence-corrected chi connectivity index (χ2v) is 8.01. The van der Waals surface area contributed by atoms with Gasteiger partial charge < -0.3 is 25.8 Å². The van der Waals surface area contributed by atoms with Crippen LogP contribution in [0.3, 0.4) is 0 Å². The first-order valence-electron chi connectivity index (χ1n) is 10.4. The number of nitrogens with one attached hydrogen (secondary N) is 3. The average molecular weight is 451 g/mol. The summed E-state index contributed by atoms with van der Waals surface area (Å²) in [5.74, 6) is -4.26. The van der Waals surface area contributed by atoms with Gasteiger partial charge in [0.1, 0.15) is 12.1 Å². The molecule has 0 aliphatic rings. The fraction of sp³-hybridized carbons (Fsp3) is 0.250. The first-order chi connectivity index (χ1) is 15.7. The molecule has 3 rings (SSSR count). The van der Waals surface area contributed by atoms with E-state index in [1.807, 2.05) is 24.3 Å². The molecule has 0 bridgehead atoms. The fourth-order valence-corrected chi connectivity index (χ4v) is 3.60. The molecule has 0 aliphatic heterocycles. The van der Waals surface area contributed by atoms with Crippen molar-refractivity contribution in [1.82, 2.24) is 15.6 Å². The summed E-state index contributed by atoms with van der Waals surface area (Å²) in [7, 11) is 0. The van der Waals surface area contributed by atoms with Gasteiger partial charge in [0, 0.05) is 23.5 Å². The Hall–Kier alpha value is -4.14. The van der Waals surface area contributed by atoms with Crippen LogP contribution in [0, 0.1) is 5.92 Å². The summed E-state index contributed by atoms with van der Waals surface area (Å²) in [5, 5.41) is 24.9. The number of aromatic carboxylic acids is 1. The summed E-state index contributed by atoms with van der Waals surface area (Å²) in [6.45, 7) is 3.39. The molecule has 2 atom stereocenters. The number of aromatic amines is 1. The normalized spacial score (nSPS) is 12.8. The third kappa shape index (κ3) is 5.38. The zero-order valence-corrected chi connectivity index (χ0v) is 18.2. The van der Waals surface area contributed by atoms with E-state index in [-0.39, 0.29) is 23.5 Å². The number of para-hydroxylation sites is 1. The molecule has 0 fully saturated rings. The molecule has 0 saturated heterocycles. The van der Waals surface area contributed by atoms with Crippen LogP contribution in [0.2, 0.25) is 0 Å². The molecule has 5 N–H and O–H groups in total. The lowest BCUT2D eigenvalue weighted by molar-refractivity contribution is -0.142. The lowest BCUT2D eigenvalue weighted by atomic mass is 10.00. The second kappa shape index (κ2) is 9.99. The number of rotatable bonds is 9. The van der Waals surface area contributed by atoms with Crippen LogP contribution in [0.25, 0.3) is 10.9 Å². The predicted octanol–water partition coefficient (Wildman–Crippen LogP) is 2.43. The molecule has 0 radical (unpaired) electrons. The van der Waals surface area contributed by atoms with Gasteiger partial charge in [-0.3, -0.25) is 9.59 Å². The van der Waals surface area contributed by atoms with E-state index in [1.165, 1.54) is 24.3 Å². The van der Waals surface area contributed by atoms with Gasteiger partial charge in [-0.1, -0.05) is 44.2 Å². The molecule has 9 heteroatoms. The Labute approximate surface area is 189 Å². The Morgan fingerprint density at radius 2 is 1.55 bits per heavy atom. The van der Waals surface area contributed by atoms with Gasteiger partial charge >= 0.3 is 11.9 Å². The highest BCUT2D eigenvalue weighted by atomic mass is 16.4. The van der Waals surface area contributed by atoms with E-state index in [2.05, 4.69) is 15.6 Å². The minimum atomic E-state index is -1.27. The zero-order chi connectivity index (χ0) is 24.1. The van der Waals surface area contributed by atoms with Gasteiger partial charge in [-0.25, -0.2) is 9.59 Å². The summed E-state index contributed by atoms with van der Waals surface area (Å²) in [6.07, 6.45) is 1.75. The topological polar surface area (TPSA) is 149 Å². The van der Waals surface area contributed by atoms with Crippen LogP contribution in [0.5, 0.6) is 0 Å². The molecular formula is C24H25N3O6. The number of aromatic nitrogens is 1. The molecule has 1 heterocycles. The van der Waals surface area contributed by atoms with E-state index >= 15 is 0 Å². The maximum atomic E-state index is 13.0. The van der Waals surface area contributed by atoms with Crippen molar-refractivity contribution in [2.45, 2.75) is 32.4 Å². The molecule has 0 saturated carbocycles. The smallest absolute Gasteiger partial charge is 0.336 e.